The Morgan fingerprint density at radius 2 is 2.09 bits per heavy atom. The lowest BCUT2D eigenvalue weighted by Gasteiger charge is -2.09. The molecule has 0 saturated heterocycles. The number of benzene rings is 1. The average Bonchev–Trinajstić information content (AvgIpc) is 2.56. The van der Waals surface area contributed by atoms with E-state index in [1.54, 1.807) is 19.2 Å². The van der Waals surface area contributed by atoms with E-state index in [-0.39, 0.29) is 13.2 Å². The molecule has 118 valence electrons. The molecule has 1 heterocycles. The number of methoxy groups -OCH3 is 1. The molecule has 1 aromatic heterocycles. The molecule has 22 heavy (non-hydrogen) atoms. The zero-order chi connectivity index (χ0) is 15.8. The van der Waals surface area contributed by atoms with Gasteiger partial charge in [-0.15, -0.1) is 0 Å². The van der Waals surface area contributed by atoms with Crippen molar-refractivity contribution in [2.75, 3.05) is 33.5 Å². The van der Waals surface area contributed by atoms with Gasteiger partial charge in [0.25, 0.3) is 0 Å². The summed E-state index contributed by atoms with van der Waals surface area (Å²) in [7, 11) is 1.62. The van der Waals surface area contributed by atoms with Crippen LogP contribution < -0.4 is 15.2 Å². The highest BCUT2D eigenvalue weighted by Crippen LogP contribution is 2.22. The first-order chi connectivity index (χ1) is 10.8. The van der Waals surface area contributed by atoms with Crippen molar-refractivity contribution in [1.29, 1.82) is 0 Å². The molecule has 0 aliphatic heterocycles. The molecule has 5 nitrogen and oxygen atoms in total. The molecule has 0 unspecified atom stereocenters. The highest BCUT2D eigenvalue weighted by atomic mass is 19.1. The second kappa shape index (κ2) is 8.31. The van der Waals surface area contributed by atoms with Crippen molar-refractivity contribution < 1.29 is 18.6 Å². The van der Waals surface area contributed by atoms with E-state index >= 15 is 0 Å². The molecule has 0 saturated carbocycles. The molecule has 0 atom stereocenters. The van der Waals surface area contributed by atoms with Gasteiger partial charge in [0, 0.05) is 30.7 Å². The summed E-state index contributed by atoms with van der Waals surface area (Å²) in [5.41, 5.74) is 6.58. The molecule has 0 bridgehead atoms. The second-order valence-corrected chi connectivity index (χ2v) is 4.61. The molecular weight excluding hydrogens is 287 g/mol. The van der Waals surface area contributed by atoms with E-state index in [0.717, 1.165) is 10.9 Å². The molecule has 6 heteroatoms. The van der Waals surface area contributed by atoms with Gasteiger partial charge in [0.05, 0.1) is 18.5 Å². The van der Waals surface area contributed by atoms with Crippen LogP contribution in [0.2, 0.25) is 0 Å². The highest BCUT2D eigenvalue weighted by Gasteiger charge is 2.03. The first kappa shape index (κ1) is 16.2. The third-order valence-corrected chi connectivity index (χ3v) is 3.01. The summed E-state index contributed by atoms with van der Waals surface area (Å²) in [5.74, 6) is 1.18. The molecule has 2 rings (SSSR count). The van der Waals surface area contributed by atoms with Crippen molar-refractivity contribution in [3.63, 3.8) is 0 Å². The van der Waals surface area contributed by atoms with E-state index in [0.29, 0.717) is 36.7 Å². The number of hydrogen-bond donors (Lipinski definition) is 1. The molecule has 1 aromatic carbocycles. The van der Waals surface area contributed by atoms with Gasteiger partial charge in [-0.05, 0) is 24.3 Å². The van der Waals surface area contributed by atoms with Crippen LogP contribution in [-0.2, 0) is 4.74 Å². The van der Waals surface area contributed by atoms with E-state index in [1.807, 2.05) is 18.2 Å². The van der Waals surface area contributed by atoms with Gasteiger partial charge in [0.1, 0.15) is 19.0 Å². The summed E-state index contributed by atoms with van der Waals surface area (Å²) < 4.78 is 28.3. The van der Waals surface area contributed by atoms with Crippen LogP contribution >= 0.6 is 0 Å². The van der Waals surface area contributed by atoms with Crippen LogP contribution in [0.3, 0.4) is 0 Å². The van der Waals surface area contributed by atoms with Crippen LogP contribution in [0.15, 0.2) is 42.2 Å². The normalized spacial score (nSPS) is 11.7. The van der Waals surface area contributed by atoms with Crippen molar-refractivity contribution in [2.24, 2.45) is 5.73 Å². The van der Waals surface area contributed by atoms with Crippen LogP contribution in [0.25, 0.3) is 10.9 Å². The Bertz CT molecular complexity index is 646. The Balaban J connectivity index is 2.06. The van der Waals surface area contributed by atoms with Crippen LogP contribution in [0.4, 0.5) is 4.39 Å². The summed E-state index contributed by atoms with van der Waals surface area (Å²) in [5, 5.41) is 0.912. The lowest BCUT2D eigenvalue weighted by molar-refractivity contribution is 0.144. The number of ether oxygens (including phenoxy) is 3. The predicted molar refractivity (Wildman–Crippen MR) is 82.9 cm³/mol. The lowest BCUT2D eigenvalue weighted by Crippen LogP contribution is -2.10. The largest absolute Gasteiger partial charge is 0.489 e. The van der Waals surface area contributed by atoms with E-state index in [1.165, 1.54) is 0 Å². The number of pyridine rings is 1. The Hall–Kier alpha value is -2.18. The van der Waals surface area contributed by atoms with E-state index < -0.39 is 0 Å². The molecule has 0 amide bonds. The highest BCUT2D eigenvalue weighted by molar-refractivity contribution is 5.80. The quantitative estimate of drug-likeness (QED) is 0.759. The predicted octanol–water partition coefficient (Wildman–Crippen LogP) is 2.45. The number of fused-ring (bicyclic) bond motifs is 1. The van der Waals surface area contributed by atoms with E-state index in [9.17, 15) is 4.39 Å². The Kier molecular flexibility index (Phi) is 6.12. The minimum Gasteiger partial charge on any atom is -0.489 e. The van der Waals surface area contributed by atoms with Gasteiger partial charge in [-0.25, -0.2) is 9.37 Å². The topological polar surface area (TPSA) is 66.6 Å². The summed E-state index contributed by atoms with van der Waals surface area (Å²) >= 11 is 0. The van der Waals surface area contributed by atoms with Crippen molar-refractivity contribution >= 4 is 10.9 Å². The monoisotopic (exact) mass is 306 g/mol. The van der Waals surface area contributed by atoms with Crippen LogP contribution in [0, 0.1) is 0 Å². The minimum absolute atomic E-state index is 0.129. The zero-order valence-electron chi connectivity index (χ0n) is 12.4. The van der Waals surface area contributed by atoms with Crippen LogP contribution in [-0.4, -0.2) is 38.5 Å². The standard InChI is InChI=1S/C16H19FN2O3/c1-20-6-7-21-16-5-2-13-8-14(3-4-15(13)19-16)22-11-12(9-17)10-18/h2-5,8-9H,6-7,10-11,18H2,1H3/b12-9+. The van der Waals surface area contributed by atoms with Crippen molar-refractivity contribution in [1.82, 2.24) is 4.98 Å². The maximum Gasteiger partial charge on any atom is 0.213 e. The number of nitrogens with zero attached hydrogens (tertiary/aromatic N) is 1. The molecular formula is C16H19FN2O3. The van der Waals surface area contributed by atoms with Crippen molar-refractivity contribution in [3.05, 3.63) is 42.2 Å². The first-order valence-corrected chi connectivity index (χ1v) is 6.90. The molecule has 2 N–H and O–H groups in total. The van der Waals surface area contributed by atoms with Crippen LogP contribution in [0.1, 0.15) is 0 Å². The van der Waals surface area contributed by atoms with Gasteiger partial charge in [-0.1, -0.05) is 0 Å². The number of aromatic nitrogens is 1. The van der Waals surface area contributed by atoms with Gasteiger partial charge in [0.15, 0.2) is 0 Å². The Morgan fingerprint density at radius 1 is 1.23 bits per heavy atom. The van der Waals surface area contributed by atoms with Gasteiger partial charge < -0.3 is 19.9 Å². The smallest absolute Gasteiger partial charge is 0.213 e. The maximum absolute atomic E-state index is 12.4. The maximum atomic E-state index is 12.4. The molecule has 2 aromatic rings. The summed E-state index contributed by atoms with van der Waals surface area (Å²) in [6, 6.07) is 9.13. The Morgan fingerprint density at radius 3 is 2.82 bits per heavy atom. The van der Waals surface area contributed by atoms with E-state index in [4.69, 9.17) is 19.9 Å². The Labute approximate surface area is 128 Å². The molecule has 0 radical (unpaired) electrons. The van der Waals surface area contributed by atoms with Crippen molar-refractivity contribution in [2.45, 2.75) is 0 Å². The minimum atomic E-state index is 0.129. The first-order valence-electron chi connectivity index (χ1n) is 6.90. The zero-order valence-corrected chi connectivity index (χ0v) is 12.4. The molecule has 0 spiro atoms. The fraction of sp³-hybridized carbons (Fsp3) is 0.312. The summed E-state index contributed by atoms with van der Waals surface area (Å²) in [6.45, 7) is 1.23. The number of nitrogens with two attached hydrogens (primary N) is 1. The lowest BCUT2D eigenvalue weighted by atomic mass is 10.2. The SMILES string of the molecule is COCCOc1ccc2cc(OC/C(=C/F)CN)ccc2n1. The van der Waals surface area contributed by atoms with Gasteiger partial charge in [0.2, 0.25) is 5.88 Å². The molecule has 0 aliphatic carbocycles. The fourth-order valence-corrected chi connectivity index (χ4v) is 1.80. The second-order valence-electron chi connectivity index (χ2n) is 4.61. The molecule has 0 fully saturated rings. The third kappa shape index (κ3) is 4.41. The average molecular weight is 306 g/mol. The van der Waals surface area contributed by atoms with Crippen molar-refractivity contribution in [3.8, 4) is 11.6 Å². The van der Waals surface area contributed by atoms with Gasteiger partial charge >= 0.3 is 0 Å². The summed E-state index contributed by atoms with van der Waals surface area (Å²) in [6.07, 6.45) is 0.478. The fourth-order valence-electron chi connectivity index (χ4n) is 1.80. The third-order valence-electron chi connectivity index (χ3n) is 3.01. The summed E-state index contributed by atoms with van der Waals surface area (Å²) in [4.78, 5) is 4.39. The number of rotatable bonds is 8. The number of halogens is 1. The molecule has 0 aliphatic rings. The van der Waals surface area contributed by atoms with Gasteiger partial charge in [-0.3, -0.25) is 0 Å². The van der Waals surface area contributed by atoms with Gasteiger partial charge in [-0.2, -0.15) is 0 Å². The van der Waals surface area contributed by atoms with Crippen LogP contribution in [0.5, 0.6) is 11.6 Å². The number of hydrogen-bond acceptors (Lipinski definition) is 5. The van der Waals surface area contributed by atoms with E-state index in [2.05, 4.69) is 4.98 Å².